The van der Waals surface area contributed by atoms with Crippen molar-refractivity contribution in [1.82, 2.24) is 0 Å². The van der Waals surface area contributed by atoms with E-state index < -0.39 is 26.3 Å². The topological polar surface area (TPSA) is 46.2 Å². The number of sulfone groups is 1. The fourth-order valence-electron chi connectivity index (χ4n) is 3.30. The summed E-state index contributed by atoms with van der Waals surface area (Å²) in [6, 6.07) is 2.83. The molecule has 0 saturated heterocycles. The van der Waals surface area contributed by atoms with Crippen LogP contribution in [0.15, 0.2) is 23.1 Å². The molecular weight excluding hydrogens is 303 g/mol. The number of nitrogens with one attached hydrogen (secondary N) is 1. The molecule has 0 unspecified atom stereocenters. The van der Waals surface area contributed by atoms with Gasteiger partial charge in [0.2, 0.25) is 0 Å². The van der Waals surface area contributed by atoms with E-state index in [1.165, 1.54) is 0 Å². The molecule has 1 aliphatic carbocycles. The first kappa shape index (κ1) is 14.7. The number of hydrogen-bond acceptors (Lipinski definition) is 3. The van der Waals surface area contributed by atoms with E-state index in [0.717, 1.165) is 37.5 Å². The van der Waals surface area contributed by atoms with Crippen LogP contribution in [0.3, 0.4) is 0 Å². The zero-order chi connectivity index (χ0) is 15.3. The van der Waals surface area contributed by atoms with Crippen LogP contribution in [0.4, 0.5) is 18.9 Å². The molecule has 3 rings (SSSR count). The molecule has 1 aromatic rings. The minimum atomic E-state index is -4.47. The zero-order valence-electron chi connectivity index (χ0n) is 11.3. The summed E-state index contributed by atoms with van der Waals surface area (Å²) in [7, 11) is -3.60. The molecule has 7 heteroatoms. The Morgan fingerprint density at radius 2 is 1.76 bits per heavy atom. The lowest BCUT2D eigenvalue weighted by Crippen LogP contribution is -2.49. The van der Waals surface area contributed by atoms with Crippen molar-refractivity contribution in [3.05, 3.63) is 23.8 Å². The van der Waals surface area contributed by atoms with E-state index in [9.17, 15) is 21.6 Å². The molecule has 1 saturated carbocycles. The van der Waals surface area contributed by atoms with Gasteiger partial charge in [0, 0.05) is 6.54 Å². The monoisotopic (exact) mass is 319 g/mol. The molecule has 0 atom stereocenters. The highest BCUT2D eigenvalue weighted by Crippen LogP contribution is 2.45. The molecule has 3 nitrogen and oxygen atoms in total. The van der Waals surface area contributed by atoms with Gasteiger partial charge >= 0.3 is 6.18 Å². The molecule has 1 aromatic carbocycles. The van der Waals surface area contributed by atoms with E-state index in [-0.39, 0.29) is 17.1 Å². The fourth-order valence-corrected chi connectivity index (χ4v) is 5.53. The average Bonchev–Trinajstić information content (AvgIpc) is 2.43. The van der Waals surface area contributed by atoms with Gasteiger partial charge in [-0.05, 0) is 31.0 Å². The van der Waals surface area contributed by atoms with Crippen LogP contribution in [-0.4, -0.2) is 19.7 Å². The van der Waals surface area contributed by atoms with Crippen LogP contribution in [0.1, 0.15) is 37.7 Å². The van der Waals surface area contributed by atoms with Gasteiger partial charge in [-0.1, -0.05) is 19.3 Å². The fraction of sp³-hybridized carbons (Fsp3) is 0.571. The first-order chi connectivity index (χ1) is 9.76. The van der Waals surface area contributed by atoms with Gasteiger partial charge < -0.3 is 5.32 Å². The summed E-state index contributed by atoms with van der Waals surface area (Å²) in [6.07, 6.45) is -0.628. The van der Waals surface area contributed by atoms with Gasteiger partial charge in [-0.15, -0.1) is 0 Å². The van der Waals surface area contributed by atoms with Crippen LogP contribution < -0.4 is 5.32 Å². The van der Waals surface area contributed by atoms with Crippen molar-refractivity contribution in [2.24, 2.45) is 0 Å². The third-order valence-electron chi connectivity index (χ3n) is 4.53. The van der Waals surface area contributed by atoms with Crippen molar-refractivity contribution in [2.45, 2.75) is 47.9 Å². The normalized spacial score (nSPS) is 23.4. The lowest BCUT2D eigenvalue weighted by atomic mass is 9.88. The quantitative estimate of drug-likeness (QED) is 0.794. The highest BCUT2D eigenvalue weighted by atomic mass is 32.2. The molecule has 0 aromatic heterocycles. The second-order valence-electron chi connectivity index (χ2n) is 5.81. The Morgan fingerprint density at radius 3 is 2.38 bits per heavy atom. The number of halogens is 3. The summed E-state index contributed by atoms with van der Waals surface area (Å²) in [5, 5.41) is 2.91. The van der Waals surface area contributed by atoms with Gasteiger partial charge in [-0.3, -0.25) is 0 Å². The predicted molar refractivity (Wildman–Crippen MR) is 72.9 cm³/mol. The van der Waals surface area contributed by atoms with E-state index in [4.69, 9.17) is 0 Å². The van der Waals surface area contributed by atoms with Crippen LogP contribution in [-0.2, 0) is 16.0 Å². The predicted octanol–water partition coefficient (Wildman–Crippen LogP) is 3.61. The summed E-state index contributed by atoms with van der Waals surface area (Å²) < 4.78 is 63.0. The van der Waals surface area contributed by atoms with Gasteiger partial charge in [0.25, 0.3) is 0 Å². The molecule has 0 amide bonds. The van der Waals surface area contributed by atoms with E-state index >= 15 is 0 Å². The third kappa shape index (κ3) is 2.22. The summed E-state index contributed by atoms with van der Waals surface area (Å²) in [6.45, 7) is 0.198. The van der Waals surface area contributed by atoms with E-state index in [1.54, 1.807) is 0 Å². The number of rotatable bonds is 0. The van der Waals surface area contributed by atoms with E-state index in [0.29, 0.717) is 12.8 Å². The SMILES string of the molecule is O=S1(=O)c2ccc(C(F)(F)F)cc2NCC12CCCCC2. The largest absolute Gasteiger partial charge is 0.416 e. The van der Waals surface area contributed by atoms with Gasteiger partial charge in [-0.25, -0.2) is 8.42 Å². The Labute approximate surface area is 121 Å². The standard InChI is InChI=1S/C14H16F3NO2S/c15-14(16,17)10-4-5-12-11(8-10)18-9-13(21(12,19)20)6-2-1-3-7-13/h4-5,8,18H,1-3,6-7,9H2. The van der Waals surface area contributed by atoms with Gasteiger partial charge in [0.05, 0.1) is 20.9 Å². The van der Waals surface area contributed by atoms with Gasteiger partial charge in [0.1, 0.15) is 0 Å². The van der Waals surface area contributed by atoms with Crippen molar-refractivity contribution < 1.29 is 21.6 Å². The Hall–Kier alpha value is -1.24. The van der Waals surface area contributed by atoms with Crippen LogP contribution >= 0.6 is 0 Å². The van der Waals surface area contributed by atoms with Gasteiger partial charge in [0.15, 0.2) is 9.84 Å². The van der Waals surface area contributed by atoms with Crippen LogP contribution in [0.2, 0.25) is 0 Å². The lowest BCUT2D eigenvalue weighted by molar-refractivity contribution is -0.137. The van der Waals surface area contributed by atoms with E-state index in [2.05, 4.69) is 5.32 Å². The Bertz CT molecular complexity index is 661. The highest BCUT2D eigenvalue weighted by molar-refractivity contribution is 7.93. The van der Waals surface area contributed by atoms with Crippen LogP contribution in [0.25, 0.3) is 0 Å². The molecule has 116 valence electrons. The molecule has 1 spiro atoms. The van der Waals surface area contributed by atoms with Crippen molar-refractivity contribution >= 4 is 15.5 Å². The number of benzene rings is 1. The second kappa shape index (κ2) is 4.63. The minimum Gasteiger partial charge on any atom is -0.382 e. The molecule has 21 heavy (non-hydrogen) atoms. The first-order valence-electron chi connectivity index (χ1n) is 6.96. The van der Waals surface area contributed by atoms with Crippen molar-refractivity contribution in [3.8, 4) is 0 Å². The maximum atomic E-state index is 12.8. The molecule has 1 N–H and O–H groups in total. The summed E-state index contributed by atoms with van der Waals surface area (Å²) in [5.41, 5.74) is -0.760. The molecular formula is C14H16F3NO2S. The molecule has 2 aliphatic rings. The first-order valence-corrected chi connectivity index (χ1v) is 8.44. The summed E-state index contributed by atoms with van der Waals surface area (Å²) >= 11 is 0. The number of alkyl halides is 3. The van der Waals surface area contributed by atoms with Crippen molar-refractivity contribution in [1.29, 1.82) is 0 Å². The number of anilines is 1. The average molecular weight is 319 g/mol. The Balaban J connectivity index is 2.08. The van der Waals surface area contributed by atoms with Crippen LogP contribution in [0.5, 0.6) is 0 Å². The smallest absolute Gasteiger partial charge is 0.382 e. The molecule has 1 fully saturated rings. The zero-order valence-corrected chi connectivity index (χ0v) is 12.1. The van der Waals surface area contributed by atoms with Crippen molar-refractivity contribution in [3.63, 3.8) is 0 Å². The minimum absolute atomic E-state index is 0.00338. The number of fused-ring (bicyclic) bond motifs is 1. The van der Waals surface area contributed by atoms with E-state index in [1.807, 2.05) is 0 Å². The molecule has 0 radical (unpaired) electrons. The lowest BCUT2D eigenvalue weighted by Gasteiger charge is -2.40. The van der Waals surface area contributed by atoms with Crippen molar-refractivity contribution in [2.75, 3.05) is 11.9 Å². The molecule has 0 bridgehead atoms. The maximum absolute atomic E-state index is 12.8. The van der Waals surface area contributed by atoms with Gasteiger partial charge in [-0.2, -0.15) is 13.2 Å². The molecule has 1 heterocycles. The maximum Gasteiger partial charge on any atom is 0.416 e. The Morgan fingerprint density at radius 1 is 1.10 bits per heavy atom. The Kier molecular flexibility index (Phi) is 3.24. The third-order valence-corrected chi connectivity index (χ3v) is 7.16. The molecule has 1 aliphatic heterocycles. The highest BCUT2D eigenvalue weighted by Gasteiger charge is 2.49. The summed E-state index contributed by atoms with van der Waals surface area (Å²) in [5.74, 6) is 0. The summed E-state index contributed by atoms with van der Waals surface area (Å²) in [4.78, 5) is 0.00338. The second-order valence-corrected chi connectivity index (χ2v) is 8.12. The number of hydrogen-bond donors (Lipinski definition) is 1. The van der Waals surface area contributed by atoms with Crippen LogP contribution in [0, 0.1) is 0 Å².